The van der Waals surface area contributed by atoms with Gasteiger partial charge in [0.2, 0.25) is 0 Å². The number of carbonyl (C=O) groups excluding carboxylic acids is 1. The average Bonchev–Trinajstić information content (AvgIpc) is 2.35. The van der Waals surface area contributed by atoms with Crippen LogP contribution in [0.15, 0.2) is 12.4 Å². The Morgan fingerprint density at radius 3 is 2.50 bits per heavy atom. The quantitative estimate of drug-likeness (QED) is 0.667. The number of Topliss-reactive ketones (excluding diaryl/α,β-unsaturated/α-hetero) is 1. The summed E-state index contributed by atoms with van der Waals surface area (Å²) in [7, 11) is 0. The van der Waals surface area contributed by atoms with Gasteiger partial charge in [0.05, 0.1) is 5.54 Å². The van der Waals surface area contributed by atoms with Crippen molar-refractivity contribution in [2.75, 3.05) is 0 Å². The predicted molar refractivity (Wildman–Crippen MR) is 47.0 cm³/mol. The molecule has 0 atom stereocenters. The molecule has 1 rings (SSSR count). The molecule has 0 amide bonds. The van der Waals surface area contributed by atoms with Crippen molar-refractivity contribution >= 4 is 5.78 Å². The molecule has 0 unspecified atom stereocenters. The molecule has 1 heterocycles. The first kappa shape index (κ1) is 8.97. The Labute approximate surface area is 72.4 Å². The molecule has 0 aliphatic carbocycles. The maximum absolute atomic E-state index is 11.3. The number of rotatable bonds is 2. The first-order valence-corrected chi connectivity index (χ1v) is 3.97. The second kappa shape index (κ2) is 2.73. The molecule has 0 fully saturated rings. The molecule has 0 radical (unpaired) electrons. The van der Waals surface area contributed by atoms with Gasteiger partial charge in [-0.15, -0.1) is 0 Å². The van der Waals surface area contributed by atoms with Crippen LogP contribution in [-0.4, -0.2) is 15.3 Å². The van der Waals surface area contributed by atoms with Gasteiger partial charge in [0.1, 0.15) is 5.82 Å². The normalized spacial score (nSPS) is 11.7. The molecule has 0 saturated heterocycles. The fourth-order valence-corrected chi connectivity index (χ4v) is 1.14. The largest absolute Gasteiger partial charge is 0.323 e. The highest BCUT2D eigenvalue weighted by Gasteiger charge is 2.26. The first-order chi connectivity index (χ1) is 5.46. The van der Waals surface area contributed by atoms with E-state index in [4.69, 9.17) is 0 Å². The van der Waals surface area contributed by atoms with Crippen LogP contribution in [0, 0.1) is 6.92 Å². The molecule has 0 N–H and O–H groups in total. The molecule has 3 heteroatoms. The molecule has 1 aromatic rings. The lowest BCUT2D eigenvalue weighted by molar-refractivity contribution is -0.124. The van der Waals surface area contributed by atoms with Crippen molar-refractivity contribution in [2.24, 2.45) is 0 Å². The van der Waals surface area contributed by atoms with Gasteiger partial charge in [0.15, 0.2) is 5.78 Å². The maximum Gasteiger partial charge on any atom is 0.155 e. The van der Waals surface area contributed by atoms with Crippen molar-refractivity contribution in [1.82, 2.24) is 9.55 Å². The van der Waals surface area contributed by atoms with E-state index < -0.39 is 5.54 Å². The zero-order chi connectivity index (χ0) is 9.35. The number of ketones is 1. The van der Waals surface area contributed by atoms with Crippen LogP contribution >= 0.6 is 0 Å². The molecule has 0 spiro atoms. The van der Waals surface area contributed by atoms with Gasteiger partial charge < -0.3 is 4.57 Å². The summed E-state index contributed by atoms with van der Waals surface area (Å²) in [5, 5.41) is 0. The molecule has 12 heavy (non-hydrogen) atoms. The van der Waals surface area contributed by atoms with Crippen molar-refractivity contribution in [3.63, 3.8) is 0 Å². The van der Waals surface area contributed by atoms with E-state index in [1.54, 1.807) is 13.1 Å². The Bertz CT molecular complexity index is 299. The lowest BCUT2D eigenvalue weighted by Crippen LogP contribution is -2.34. The average molecular weight is 166 g/mol. The van der Waals surface area contributed by atoms with Gasteiger partial charge in [0.25, 0.3) is 0 Å². The highest BCUT2D eigenvalue weighted by molar-refractivity contribution is 5.83. The summed E-state index contributed by atoms with van der Waals surface area (Å²) in [6.07, 6.45) is 3.54. The van der Waals surface area contributed by atoms with Gasteiger partial charge in [0, 0.05) is 12.4 Å². The molecular formula is C9H14N2O. The molecule has 0 saturated carbocycles. The molecule has 66 valence electrons. The summed E-state index contributed by atoms with van der Waals surface area (Å²) in [5.41, 5.74) is -0.472. The molecule has 3 nitrogen and oxygen atoms in total. The molecule has 1 aromatic heterocycles. The highest BCUT2D eigenvalue weighted by atomic mass is 16.1. The van der Waals surface area contributed by atoms with Crippen molar-refractivity contribution in [1.29, 1.82) is 0 Å². The number of carbonyl (C=O) groups is 1. The van der Waals surface area contributed by atoms with E-state index >= 15 is 0 Å². The van der Waals surface area contributed by atoms with Gasteiger partial charge in [-0.3, -0.25) is 4.79 Å². The molecule has 0 aliphatic rings. The summed E-state index contributed by atoms with van der Waals surface area (Å²) in [6.45, 7) is 7.28. The monoisotopic (exact) mass is 166 g/mol. The second-order valence-electron chi connectivity index (χ2n) is 3.46. The van der Waals surface area contributed by atoms with E-state index in [0.717, 1.165) is 5.82 Å². The topological polar surface area (TPSA) is 34.9 Å². The van der Waals surface area contributed by atoms with Gasteiger partial charge in [-0.1, -0.05) is 0 Å². The van der Waals surface area contributed by atoms with Crippen LogP contribution in [0.1, 0.15) is 26.6 Å². The maximum atomic E-state index is 11.3. The number of hydrogen-bond donors (Lipinski definition) is 0. The highest BCUT2D eigenvalue weighted by Crippen LogP contribution is 2.17. The van der Waals surface area contributed by atoms with Gasteiger partial charge in [-0.2, -0.15) is 0 Å². The summed E-state index contributed by atoms with van der Waals surface area (Å²) in [4.78, 5) is 15.3. The molecule has 0 aliphatic heterocycles. The van der Waals surface area contributed by atoms with Crippen molar-refractivity contribution in [3.8, 4) is 0 Å². The van der Waals surface area contributed by atoms with E-state index in [1.165, 1.54) is 0 Å². The number of aromatic nitrogens is 2. The van der Waals surface area contributed by atoms with E-state index in [-0.39, 0.29) is 5.78 Å². The Kier molecular flexibility index (Phi) is 2.04. The van der Waals surface area contributed by atoms with Crippen LogP contribution < -0.4 is 0 Å². The van der Waals surface area contributed by atoms with Gasteiger partial charge in [-0.25, -0.2) is 4.98 Å². The summed E-state index contributed by atoms with van der Waals surface area (Å²) < 4.78 is 1.88. The fourth-order valence-electron chi connectivity index (χ4n) is 1.14. The Hall–Kier alpha value is -1.12. The molecule has 0 bridgehead atoms. The molecular weight excluding hydrogens is 152 g/mol. The van der Waals surface area contributed by atoms with Crippen LogP contribution in [0.4, 0.5) is 0 Å². The number of nitrogens with zero attached hydrogens (tertiary/aromatic N) is 2. The summed E-state index contributed by atoms with van der Waals surface area (Å²) in [5.74, 6) is 1.01. The SMILES string of the molecule is CC(=O)C(C)(C)n1ccnc1C. The third-order valence-electron chi connectivity index (χ3n) is 2.29. The van der Waals surface area contributed by atoms with Crippen LogP contribution in [0.5, 0.6) is 0 Å². The zero-order valence-electron chi connectivity index (χ0n) is 7.96. The Balaban J connectivity index is 3.13. The fraction of sp³-hybridized carbons (Fsp3) is 0.556. The Morgan fingerprint density at radius 1 is 1.58 bits per heavy atom. The van der Waals surface area contributed by atoms with E-state index in [1.807, 2.05) is 31.5 Å². The minimum absolute atomic E-state index is 0.142. The lowest BCUT2D eigenvalue weighted by Gasteiger charge is -2.24. The van der Waals surface area contributed by atoms with Crippen molar-refractivity contribution < 1.29 is 4.79 Å². The zero-order valence-corrected chi connectivity index (χ0v) is 7.96. The minimum atomic E-state index is -0.472. The predicted octanol–water partition coefficient (Wildman–Crippen LogP) is 1.52. The van der Waals surface area contributed by atoms with Crippen LogP contribution in [0.3, 0.4) is 0 Å². The summed E-state index contributed by atoms with van der Waals surface area (Å²) >= 11 is 0. The van der Waals surface area contributed by atoms with E-state index in [2.05, 4.69) is 4.98 Å². The van der Waals surface area contributed by atoms with Crippen LogP contribution in [0.25, 0.3) is 0 Å². The van der Waals surface area contributed by atoms with Gasteiger partial charge >= 0.3 is 0 Å². The van der Waals surface area contributed by atoms with Crippen LogP contribution in [0.2, 0.25) is 0 Å². The van der Waals surface area contributed by atoms with E-state index in [0.29, 0.717) is 0 Å². The lowest BCUT2D eigenvalue weighted by atomic mass is 10.0. The number of imidazole rings is 1. The van der Waals surface area contributed by atoms with Gasteiger partial charge in [-0.05, 0) is 27.7 Å². The standard InChI is InChI=1S/C9H14N2O/c1-7(12)9(3,4)11-6-5-10-8(11)2/h5-6H,1-4H3. The second-order valence-corrected chi connectivity index (χ2v) is 3.46. The number of hydrogen-bond acceptors (Lipinski definition) is 2. The van der Waals surface area contributed by atoms with E-state index in [9.17, 15) is 4.79 Å². The van der Waals surface area contributed by atoms with Crippen molar-refractivity contribution in [3.05, 3.63) is 18.2 Å². The smallest absolute Gasteiger partial charge is 0.155 e. The molecule has 0 aromatic carbocycles. The first-order valence-electron chi connectivity index (χ1n) is 3.97. The third kappa shape index (κ3) is 1.26. The van der Waals surface area contributed by atoms with Crippen LogP contribution in [-0.2, 0) is 10.3 Å². The number of aryl methyl sites for hydroxylation is 1. The summed E-state index contributed by atoms with van der Waals surface area (Å²) in [6, 6.07) is 0. The Morgan fingerprint density at radius 2 is 2.17 bits per heavy atom. The minimum Gasteiger partial charge on any atom is -0.323 e. The third-order valence-corrected chi connectivity index (χ3v) is 2.29. The van der Waals surface area contributed by atoms with Crippen molar-refractivity contribution in [2.45, 2.75) is 33.2 Å².